The second-order valence-corrected chi connectivity index (χ2v) is 9.56. The number of amides is 1. The molecule has 6 heteroatoms. The van der Waals surface area contributed by atoms with Crippen LogP contribution >= 0.6 is 11.5 Å². The van der Waals surface area contributed by atoms with Gasteiger partial charge in [-0.05, 0) is 60.6 Å². The van der Waals surface area contributed by atoms with E-state index in [1.165, 1.54) is 28.5 Å². The Bertz CT molecular complexity index is 1030. The van der Waals surface area contributed by atoms with Gasteiger partial charge >= 0.3 is 0 Å². The molecule has 0 unspecified atom stereocenters. The molecule has 1 aliphatic heterocycles. The molecule has 2 aromatic carbocycles. The van der Waals surface area contributed by atoms with E-state index in [1.807, 2.05) is 6.07 Å². The molecular formula is C25H30N4OS. The number of hydrogen-bond acceptors (Lipinski definition) is 5. The van der Waals surface area contributed by atoms with Gasteiger partial charge in [0.2, 0.25) is 5.91 Å². The fourth-order valence-electron chi connectivity index (χ4n) is 4.81. The number of rotatable bonds is 6. The van der Waals surface area contributed by atoms with Crippen molar-refractivity contribution in [1.29, 1.82) is 0 Å². The summed E-state index contributed by atoms with van der Waals surface area (Å²) in [6.07, 6.45) is 5.45. The number of fused-ring (bicyclic) bond motifs is 1. The predicted molar refractivity (Wildman–Crippen MR) is 129 cm³/mol. The Morgan fingerprint density at radius 3 is 2.68 bits per heavy atom. The number of hydrogen-bond donors (Lipinski definition) is 1. The maximum absolute atomic E-state index is 12.4. The Kier molecular flexibility index (Phi) is 6.18. The van der Waals surface area contributed by atoms with Crippen molar-refractivity contribution in [1.82, 2.24) is 9.27 Å². The van der Waals surface area contributed by atoms with Crippen molar-refractivity contribution < 1.29 is 4.79 Å². The lowest BCUT2D eigenvalue weighted by Crippen LogP contribution is -2.47. The minimum absolute atomic E-state index is 0.195. The minimum atomic E-state index is 0.195. The molecule has 1 amide bonds. The summed E-state index contributed by atoms with van der Waals surface area (Å²) >= 11 is 1.59. The van der Waals surface area contributed by atoms with E-state index in [0.29, 0.717) is 0 Å². The van der Waals surface area contributed by atoms with Crippen LogP contribution in [0.3, 0.4) is 0 Å². The molecule has 0 radical (unpaired) electrons. The van der Waals surface area contributed by atoms with E-state index in [-0.39, 0.29) is 11.8 Å². The van der Waals surface area contributed by atoms with Gasteiger partial charge in [-0.15, -0.1) is 0 Å². The van der Waals surface area contributed by atoms with Crippen molar-refractivity contribution in [3.8, 4) is 0 Å². The lowest BCUT2D eigenvalue weighted by atomic mass is 10.1. The Hall–Kier alpha value is -2.44. The van der Waals surface area contributed by atoms with Crippen LogP contribution in [0.15, 0.2) is 48.5 Å². The summed E-state index contributed by atoms with van der Waals surface area (Å²) in [5.74, 6) is 1.54. The van der Waals surface area contributed by atoms with Gasteiger partial charge in [0.15, 0.2) is 0 Å². The maximum atomic E-state index is 12.4. The smallest absolute Gasteiger partial charge is 0.227 e. The molecule has 3 aromatic rings. The first-order valence-corrected chi connectivity index (χ1v) is 12.3. The third-order valence-electron chi connectivity index (χ3n) is 6.67. The van der Waals surface area contributed by atoms with Gasteiger partial charge in [0.05, 0.1) is 4.70 Å². The van der Waals surface area contributed by atoms with Crippen LogP contribution in [0, 0.1) is 5.92 Å². The van der Waals surface area contributed by atoms with E-state index < -0.39 is 0 Å². The van der Waals surface area contributed by atoms with E-state index in [9.17, 15) is 4.79 Å². The predicted octanol–water partition coefficient (Wildman–Crippen LogP) is 4.79. The highest BCUT2D eigenvalue weighted by atomic mass is 32.1. The summed E-state index contributed by atoms with van der Waals surface area (Å²) in [6.45, 7) is 5.20. The van der Waals surface area contributed by atoms with Gasteiger partial charge in [0, 0.05) is 49.7 Å². The second-order valence-electron chi connectivity index (χ2n) is 8.75. The fourth-order valence-corrected chi connectivity index (χ4v) is 5.60. The van der Waals surface area contributed by atoms with Crippen molar-refractivity contribution in [3.63, 3.8) is 0 Å². The molecule has 1 saturated heterocycles. The number of benzene rings is 2. The van der Waals surface area contributed by atoms with Gasteiger partial charge in [-0.25, -0.2) is 0 Å². The summed E-state index contributed by atoms with van der Waals surface area (Å²) in [4.78, 5) is 17.4. The SMILES string of the molecule is O=C(Nc1cccc(CCN2CCN(c3nsc4ccccc34)CC2)c1)C1CCCC1. The molecule has 5 rings (SSSR count). The molecule has 0 atom stereocenters. The zero-order valence-corrected chi connectivity index (χ0v) is 18.7. The van der Waals surface area contributed by atoms with E-state index in [0.717, 1.165) is 63.5 Å². The van der Waals surface area contributed by atoms with Crippen LogP contribution in [-0.2, 0) is 11.2 Å². The molecule has 0 spiro atoms. The lowest BCUT2D eigenvalue weighted by molar-refractivity contribution is -0.119. The third-order valence-corrected chi connectivity index (χ3v) is 7.48. The molecule has 5 nitrogen and oxygen atoms in total. The van der Waals surface area contributed by atoms with Crippen molar-refractivity contribution in [2.24, 2.45) is 5.92 Å². The van der Waals surface area contributed by atoms with Crippen LogP contribution in [0.5, 0.6) is 0 Å². The number of carbonyl (C=O) groups excluding carboxylic acids is 1. The average Bonchev–Trinajstić information content (AvgIpc) is 3.49. The highest BCUT2D eigenvalue weighted by Gasteiger charge is 2.23. The summed E-state index contributed by atoms with van der Waals surface area (Å²) in [6, 6.07) is 16.9. The molecule has 1 N–H and O–H groups in total. The monoisotopic (exact) mass is 434 g/mol. The number of carbonyl (C=O) groups is 1. The first-order valence-electron chi connectivity index (χ1n) is 11.5. The normalized spacial score (nSPS) is 18.0. The van der Waals surface area contributed by atoms with Gasteiger partial charge in [-0.3, -0.25) is 9.69 Å². The average molecular weight is 435 g/mol. The molecule has 2 fully saturated rings. The number of nitrogens with one attached hydrogen (secondary N) is 1. The number of piperazine rings is 1. The summed E-state index contributed by atoms with van der Waals surface area (Å²) < 4.78 is 5.98. The van der Waals surface area contributed by atoms with Crippen molar-refractivity contribution >= 4 is 39.0 Å². The number of aromatic nitrogens is 1. The zero-order chi connectivity index (χ0) is 21.0. The van der Waals surface area contributed by atoms with Crippen LogP contribution in [0.1, 0.15) is 31.2 Å². The Labute approximate surface area is 188 Å². The van der Waals surface area contributed by atoms with Gasteiger partial charge in [0.1, 0.15) is 5.82 Å². The van der Waals surface area contributed by atoms with Gasteiger partial charge in [-0.2, -0.15) is 4.37 Å². The van der Waals surface area contributed by atoms with E-state index in [1.54, 1.807) is 11.5 Å². The van der Waals surface area contributed by atoms with Gasteiger partial charge < -0.3 is 10.2 Å². The van der Waals surface area contributed by atoms with Crippen LogP contribution < -0.4 is 10.2 Å². The molecule has 2 aliphatic rings. The fraction of sp³-hybridized carbons (Fsp3) is 0.440. The molecule has 0 bridgehead atoms. The number of anilines is 2. The van der Waals surface area contributed by atoms with Gasteiger partial charge in [0.25, 0.3) is 0 Å². The Morgan fingerprint density at radius 2 is 1.84 bits per heavy atom. The maximum Gasteiger partial charge on any atom is 0.227 e. The van der Waals surface area contributed by atoms with Crippen molar-refractivity contribution in [2.45, 2.75) is 32.1 Å². The summed E-state index contributed by atoms with van der Waals surface area (Å²) in [5.41, 5.74) is 2.23. The Balaban J connectivity index is 1.12. The molecular weight excluding hydrogens is 404 g/mol. The Morgan fingerprint density at radius 1 is 1.03 bits per heavy atom. The molecule has 162 valence electrons. The van der Waals surface area contributed by atoms with Crippen LogP contribution in [0.4, 0.5) is 11.5 Å². The minimum Gasteiger partial charge on any atom is -0.353 e. The molecule has 31 heavy (non-hydrogen) atoms. The highest BCUT2D eigenvalue weighted by Crippen LogP contribution is 2.30. The van der Waals surface area contributed by atoms with Crippen molar-refractivity contribution in [3.05, 3.63) is 54.1 Å². The second kappa shape index (κ2) is 9.37. The molecule has 1 aliphatic carbocycles. The molecule has 1 saturated carbocycles. The summed E-state index contributed by atoms with van der Waals surface area (Å²) in [5, 5.41) is 4.41. The summed E-state index contributed by atoms with van der Waals surface area (Å²) in [7, 11) is 0. The van der Waals surface area contributed by atoms with Crippen LogP contribution in [0.25, 0.3) is 10.1 Å². The third kappa shape index (κ3) is 4.75. The zero-order valence-electron chi connectivity index (χ0n) is 17.9. The van der Waals surface area contributed by atoms with Crippen LogP contribution in [0.2, 0.25) is 0 Å². The van der Waals surface area contributed by atoms with E-state index in [2.05, 4.69) is 57.6 Å². The molecule has 1 aromatic heterocycles. The quantitative estimate of drug-likeness (QED) is 0.606. The lowest BCUT2D eigenvalue weighted by Gasteiger charge is -2.35. The topological polar surface area (TPSA) is 48.5 Å². The first-order chi connectivity index (χ1) is 15.3. The first kappa shape index (κ1) is 20.5. The van der Waals surface area contributed by atoms with Crippen molar-refractivity contribution in [2.75, 3.05) is 42.9 Å². The van der Waals surface area contributed by atoms with Gasteiger partial charge in [-0.1, -0.05) is 37.1 Å². The van der Waals surface area contributed by atoms with Crippen LogP contribution in [-0.4, -0.2) is 47.9 Å². The highest BCUT2D eigenvalue weighted by molar-refractivity contribution is 7.13. The van der Waals surface area contributed by atoms with E-state index in [4.69, 9.17) is 4.37 Å². The molecule has 2 heterocycles. The van der Waals surface area contributed by atoms with E-state index >= 15 is 0 Å². The number of nitrogens with zero attached hydrogens (tertiary/aromatic N) is 3. The largest absolute Gasteiger partial charge is 0.353 e. The standard InChI is InChI=1S/C25H30N4OS/c30-25(20-7-1-2-8-20)26-21-9-5-6-19(18-21)12-13-28-14-16-29(17-15-28)24-22-10-3-4-11-23(22)31-27-24/h3-6,9-11,18,20H,1-2,7-8,12-17H2,(H,26,30).